The number of nitrogens with one attached hydrogen (secondary N) is 1. The third kappa shape index (κ3) is 3.68. The van der Waals surface area contributed by atoms with Crippen molar-refractivity contribution in [1.29, 1.82) is 5.26 Å². The molecule has 22 heavy (non-hydrogen) atoms. The van der Waals surface area contributed by atoms with E-state index in [1.807, 2.05) is 53.8 Å². The van der Waals surface area contributed by atoms with E-state index in [9.17, 15) is 10.1 Å². The summed E-state index contributed by atoms with van der Waals surface area (Å²) in [7, 11) is 1.29. The van der Waals surface area contributed by atoms with E-state index >= 15 is 0 Å². The Morgan fingerprint density at radius 1 is 1.27 bits per heavy atom. The molecule has 0 aliphatic carbocycles. The van der Waals surface area contributed by atoms with Crippen molar-refractivity contribution in [2.24, 2.45) is 0 Å². The number of ether oxygens (including phenoxy) is 2. The summed E-state index contributed by atoms with van der Waals surface area (Å²) in [4.78, 5) is 11.4. The number of benzene rings is 2. The highest BCUT2D eigenvalue weighted by atomic mass is 127. The first-order valence-electron chi connectivity index (χ1n) is 6.37. The number of methoxy groups -OCH3 is 1. The minimum atomic E-state index is -0.579. The van der Waals surface area contributed by atoms with Crippen LogP contribution in [0.1, 0.15) is 11.1 Å². The van der Waals surface area contributed by atoms with E-state index in [1.54, 1.807) is 12.1 Å². The van der Waals surface area contributed by atoms with Crippen LogP contribution >= 0.6 is 22.6 Å². The number of nitrogens with zero attached hydrogens (tertiary/aromatic N) is 1. The van der Waals surface area contributed by atoms with Gasteiger partial charge in [-0.25, -0.2) is 4.79 Å². The zero-order valence-electron chi connectivity index (χ0n) is 12.0. The maximum absolute atomic E-state index is 11.4. The molecule has 0 saturated heterocycles. The van der Waals surface area contributed by atoms with Gasteiger partial charge in [0.2, 0.25) is 0 Å². The van der Waals surface area contributed by atoms with Crippen LogP contribution in [-0.4, -0.2) is 13.2 Å². The van der Waals surface area contributed by atoms with Crippen LogP contribution in [-0.2, 0) is 4.74 Å². The van der Waals surface area contributed by atoms with Gasteiger partial charge in [0.05, 0.1) is 18.4 Å². The summed E-state index contributed by atoms with van der Waals surface area (Å²) in [6.45, 7) is 1.92. The molecule has 0 aromatic heterocycles. The van der Waals surface area contributed by atoms with Gasteiger partial charge >= 0.3 is 6.09 Å². The second-order valence-electron chi connectivity index (χ2n) is 4.42. The first kappa shape index (κ1) is 16.1. The number of aryl methyl sites for hydroxylation is 1. The Balaban J connectivity index is 2.41. The van der Waals surface area contributed by atoms with Gasteiger partial charge in [0, 0.05) is 9.64 Å². The van der Waals surface area contributed by atoms with Gasteiger partial charge in [-0.1, -0.05) is 18.2 Å². The van der Waals surface area contributed by atoms with E-state index in [0.29, 0.717) is 22.7 Å². The van der Waals surface area contributed by atoms with Crippen molar-refractivity contribution in [2.45, 2.75) is 6.92 Å². The zero-order chi connectivity index (χ0) is 16.1. The molecule has 0 radical (unpaired) electrons. The minimum absolute atomic E-state index is 0.378. The fourth-order valence-corrected chi connectivity index (χ4v) is 2.37. The molecule has 0 heterocycles. The topological polar surface area (TPSA) is 71.3 Å². The van der Waals surface area contributed by atoms with E-state index in [0.717, 1.165) is 9.13 Å². The highest BCUT2D eigenvalue weighted by molar-refractivity contribution is 14.1. The molecule has 0 aliphatic rings. The van der Waals surface area contributed by atoms with E-state index in [4.69, 9.17) is 4.74 Å². The Bertz CT molecular complexity index is 754. The van der Waals surface area contributed by atoms with Crippen LogP contribution in [0.2, 0.25) is 0 Å². The van der Waals surface area contributed by atoms with Crippen molar-refractivity contribution in [3.8, 4) is 17.6 Å². The maximum atomic E-state index is 11.4. The van der Waals surface area contributed by atoms with Gasteiger partial charge in [-0.15, -0.1) is 0 Å². The summed E-state index contributed by atoms with van der Waals surface area (Å²) in [5.41, 5.74) is 1.87. The third-order valence-corrected chi connectivity index (χ3v) is 3.82. The van der Waals surface area contributed by atoms with E-state index in [2.05, 4.69) is 16.1 Å². The Kier molecular flexibility index (Phi) is 5.22. The van der Waals surface area contributed by atoms with Crippen molar-refractivity contribution in [3.63, 3.8) is 0 Å². The van der Waals surface area contributed by atoms with Crippen molar-refractivity contribution in [1.82, 2.24) is 0 Å². The molecule has 1 amide bonds. The van der Waals surface area contributed by atoms with Crippen LogP contribution in [0.3, 0.4) is 0 Å². The molecule has 2 aromatic carbocycles. The average Bonchev–Trinajstić information content (AvgIpc) is 2.52. The summed E-state index contributed by atoms with van der Waals surface area (Å²) >= 11 is 2.04. The zero-order valence-corrected chi connectivity index (χ0v) is 14.2. The second-order valence-corrected chi connectivity index (χ2v) is 5.59. The third-order valence-electron chi connectivity index (χ3n) is 2.93. The largest absolute Gasteiger partial charge is 0.456 e. The number of nitriles is 1. The van der Waals surface area contributed by atoms with Crippen molar-refractivity contribution < 1.29 is 14.3 Å². The molecule has 2 rings (SSSR count). The van der Waals surface area contributed by atoms with Gasteiger partial charge in [-0.2, -0.15) is 5.26 Å². The van der Waals surface area contributed by atoms with Crippen LogP contribution in [0, 0.1) is 21.8 Å². The molecule has 5 nitrogen and oxygen atoms in total. The molecular formula is C16H13IN2O3. The number of para-hydroxylation sites is 1. The summed E-state index contributed by atoms with van der Waals surface area (Å²) < 4.78 is 11.1. The van der Waals surface area contributed by atoms with Crippen molar-refractivity contribution in [3.05, 3.63) is 51.1 Å². The van der Waals surface area contributed by atoms with Gasteiger partial charge in [0.25, 0.3) is 0 Å². The van der Waals surface area contributed by atoms with Gasteiger partial charge in [0.1, 0.15) is 17.6 Å². The second kappa shape index (κ2) is 7.13. The number of anilines is 1. The number of halogens is 1. The van der Waals surface area contributed by atoms with E-state index in [-0.39, 0.29) is 0 Å². The predicted molar refractivity (Wildman–Crippen MR) is 91.2 cm³/mol. The number of rotatable bonds is 3. The number of hydrogen-bond acceptors (Lipinski definition) is 4. The van der Waals surface area contributed by atoms with Gasteiger partial charge in [-0.05, 0) is 47.2 Å². The molecule has 0 saturated carbocycles. The molecule has 0 bridgehead atoms. The average molecular weight is 408 g/mol. The Morgan fingerprint density at radius 3 is 2.64 bits per heavy atom. The quantitative estimate of drug-likeness (QED) is 0.763. The molecule has 6 heteroatoms. The first-order chi connectivity index (χ1) is 10.5. The normalized spacial score (nSPS) is 9.73. The van der Waals surface area contributed by atoms with Crippen molar-refractivity contribution >= 4 is 34.4 Å². The predicted octanol–water partition coefficient (Wildman–Crippen LogP) is 4.44. The van der Waals surface area contributed by atoms with Crippen molar-refractivity contribution in [2.75, 3.05) is 12.4 Å². The molecule has 2 aromatic rings. The Hall–Kier alpha value is -2.27. The molecule has 0 atom stereocenters. The lowest BCUT2D eigenvalue weighted by Gasteiger charge is -2.13. The molecule has 0 aliphatic heterocycles. The number of carbonyl (C=O) groups excluding carboxylic acids is 1. The van der Waals surface area contributed by atoms with Gasteiger partial charge in [0.15, 0.2) is 0 Å². The molecule has 112 valence electrons. The fourth-order valence-electron chi connectivity index (χ4n) is 1.77. The lowest BCUT2D eigenvalue weighted by molar-refractivity contribution is 0.187. The Labute approximate surface area is 142 Å². The SMILES string of the molecule is COC(=O)Nc1cc(Oc2ccccc2C)c(C#N)cc1I. The lowest BCUT2D eigenvalue weighted by Crippen LogP contribution is -2.12. The van der Waals surface area contributed by atoms with Crippen LogP contribution < -0.4 is 10.1 Å². The smallest absolute Gasteiger partial charge is 0.411 e. The van der Waals surface area contributed by atoms with E-state index < -0.39 is 6.09 Å². The highest BCUT2D eigenvalue weighted by Crippen LogP contribution is 2.32. The molecule has 1 N–H and O–H groups in total. The van der Waals surface area contributed by atoms with E-state index in [1.165, 1.54) is 7.11 Å². The number of carbonyl (C=O) groups is 1. The molecule has 0 fully saturated rings. The molecule has 0 spiro atoms. The summed E-state index contributed by atoms with van der Waals surface area (Å²) in [5, 5.41) is 11.9. The minimum Gasteiger partial charge on any atom is -0.456 e. The lowest BCUT2D eigenvalue weighted by atomic mass is 10.2. The fraction of sp³-hybridized carbons (Fsp3) is 0.125. The first-order valence-corrected chi connectivity index (χ1v) is 7.45. The summed E-state index contributed by atoms with van der Waals surface area (Å²) in [6.07, 6.45) is -0.579. The van der Waals surface area contributed by atoms with Crippen LogP contribution in [0.5, 0.6) is 11.5 Å². The number of hydrogen-bond donors (Lipinski definition) is 1. The van der Waals surface area contributed by atoms with Crippen LogP contribution in [0.4, 0.5) is 10.5 Å². The molecule has 0 unspecified atom stereocenters. The molecular weight excluding hydrogens is 395 g/mol. The standard InChI is InChI=1S/C16H13IN2O3/c1-10-5-3-4-6-14(10)22-15-8-13(19-16(20)21-2)12(17)7-11(15)9-18/h3-8H,1-2H3,(H,19,20). The number of amides is 1. The monoisotopic (exact) mass is 408 g/mol. The highest BCUT2D eigenvalue weighted by Gasteiger charge is 2.13. The van der Waals surface area contributed by atoms with Crippen LogP contribution in [0.15, 0.2) is 36.4 Å². The van der Waals surface area contributed by atoms with Gasteiger partial charge < -0.3 is 9.47 Å². The maximum Gasteiger partial charge on any atom is 0.411 e. The van der Waals surface area contributed by atoms with Gasteiger partial charge in [-0.3, -0.25) is 5.32 Å². The summed E-state index contributed by atoms with van der Waals surface area (Å²) in [6, 6.07) is 12.9. The summed E-state index contributed by atoms with van der Waals surface area (Å²) in [5.74, 6) is 1.04. The van der Waals surface area contributed by atoms with Crippen LogP contribution in [0.25, 0.3) is 0 Å². The Morgan fingerprint density at radius 2 is 2.00 bits per heavy atom.